The van der Waals surface area contributed by atoms with Gasteiger partial charge in [0.2, 0.25) is 5.91 Å². The van der Waals surface area contributed by atoms with E-state index in [2.05, 4.69) is 0 Å². The number of aliphatic hydroxyl groups is 1. The molecular formula is C6H13NO3. The lowest BCUT2D eigenvalue weighted by atomic mass is 10.4. The highest BCUT2D eigenvalue weighted by Gasteiger charge is 1.99. The molecule has 0 aromatic carbocycles. The van der Waals surface area contributed by atoms with Crippen LogP contribution in [0.5, 0.6) is 0 Å². The molecule has 0 aromatic heterocycles. The smallest absolute Gasteiger partial charge is 0.219 e. The quantitative estimate of drug-likeness (QED) is 0.538. The predicted molar refractivity (Wildman–Crippen MR) is 36.3 cm³/mol. The first-order valence-electron chi connectivity index (χ1n) is 3.17. The number of ether oxygens (including phenoxy) is 1. The highest BCUT2D eigenvalue weighted by molar-refractivity contribution is 5.73. The van der Waals surface area contributed by atoms with Crippen LogP contribution in [0.25, 0.3) is 0 Å². The van der Waals surface area contributed by atoms with Gasteiger partial charge in [-0.15, -0.1) is 0 Å². The Kier molecular flexibility index (Phi) is 4.88. The Morgan fingerprint density at radius 1 is 1.80 bits per heavy atom. The van der Waals surface area contributed by atoms with Crippen LogP contribution in [0, 0.1) is 0 Å². The van der Waals surface area contributed by atoms with Gasteiger partial charge in [-0.1, -0.05) is 0 Å². The minimum atomic E-state index is -0.384. The van der Waals surface area contributed by atoms with Gasteiger partial charge in [0.05, 0.1) is 19.3 Å². The van der Waals surface area contributed by atoms with E-state index in [0.29, 0.717) is 0 Å². The number of hydrogen-bond donors (Lipinski definition) is 2. The van der Waals surface area contributed by atoms with Gasteiger partial charge in [-0.3, -0.25) is 4.79 Å². The summed E-state index contributed by atoms with van der Waals surface area (Å²) >= 11 is 0. The molecule has 1 atom stereocenters. The van der Waals surface area contributed by atoms with Crippen molar-refractivity contribution in [1.82, 2.24) is 0 Å². The zero-order valence-electron chi connectivity index (χ0n) is 6.04. The van der Waals surface area contributed by atoms with Gasteiger partial charge in [-0.2, -0.15) is 0 Å². The topological polar surface area (TPSA) is 72.6 Å². The monoisotopic (exact) mass is 147 g/mol. The van der Waals surface area contributed by atoms with Gasteiger partial charge in [0.15, 0.2) is 0 Å². The predicted octanol–water partition coefficient (Wildman–Crippen LogP) is -0.741. The van der Waals surface area contributed by atoms with Crippen LogP contribution >= 0.6 is 0 Å². The van der Waals surface area contributed by atoms with E-state index in [1.165, 1.54) is 0 Å². The number of primary amides is 1. The van der Waals surface area contributed by atoms with Crippen LogP contribution in [0.3, 0.4) is 0 Å². The molecule has 0 unspecified atom stereocenters. The zero-order valence-corrected chi connectivity index (χ0v) is 6.04. The van der Waals surface area contributed by atoms with Crippen LogP contribution in [-0.4, -0.2) is 30.3 Å². The normalized spacial score (nSPS) is 13.0. The van der Waals surface area contributed by atoms with Crippen LogP contribution in [0.15, 0.2) is 0 Å². The summed E-state index contributed by atoms with van der Waals surface area (Å²) in [7, 11) is 0. The molecule has 0 saturated carbocycles. The second-order valence-electron chi connectivity index (χ2n) is 2.08. The first kappa shape index (κ1) is 9.39. The van der Waals surface area contributed by atoms with Gasteiger partial charge in [0.1, 0.15) is 0 Å². The average Bonchev–Trinajstić information content (AvgIpc) is 1.87. The number of hydrogen-bond acceptors (Lipinski definition) is 3. The largest absolute Gasteiger partial charge is 0.394 e. The maximum absolute atomic E-state index is 10.1. The summed E-state index contributed by atoms with van der Waals surface area (Å²) in [6.45, 7) is 1.98. The highest BCUT2D eigenvalue weighted by Crippen LogP contribution is 1.89. The van der Waals surface area contributed by atoms with Crippen molar-refractivity contribution in [3.8, 4) is 0 Å². The molecule has 0 aromatic rings. The van der Waals surface area contributed by atoms with E-state index in [1.807, 2.05) is 0 Å². The van der Waals surface area contributed by atoms with Gasteiger partial charge < -0.3 is 15.6 Å². The van der Waals surface area contributed by atoms with Crippen LogP contribution in [0.4, 0.5) is 0 Å². The molecule has 4 nitrogen and oxygen atoms in total. The zero-order chi connectivity index (χ0) is 7.98. The summed E-state index contributed by atoms with van der Waals surface area (Å²) in [6.07, 6.45) is 0.00370. The van der Waals surface area contributed by atoms with Crippen LogP contribution in [-0.2, 0) is 9.53 Å². The lowest BCUT2D eigenvalue weighted by molar-refractivity contribution is -0.119. The Balaban J connectivity index is 3.11. The van der Waals surface area contributed by atoms with Gasteiger partial charge >= 0.3 is 0 Å². The molecule has 0 aliphatic rings. The lowest BCUT2D eigenvalue weighted by Crippen LogP contribution is -2.18. The number of rotatable bonds is 5. The third-order valence-corrected chi connectivity index (χ3v) is 1.01. The van der Waals surface area contributed by atoms with Crippen molar-refractivity contribution in [2.24, 2.45) is 5.73 Å². The second kappa shape index (κ2) is 5.20. The van der Waals surface area contributed by atoms with Crippen molar-refractivity contribution in [3.05, 3.63) is 0 Å². The minimum absolute atomic E-state index is 0.0290. The molecule has 0 radical (unpaired) electrons. The van der Waals surface area contributed by atoms with Gasteiger partial charge in [0.25, 0.3) is 0 Å². The average molecular weight is 147 g/mol. The van der Waals surface area contributed by atoms with Gasteiger partial charge in [-0.25, -0.2) is 0 Å². The summed E-state index contributed by atoms with van der Waals surface area (Å²) in [5, 5.41) is 8.46. The van der Waals surface area contributed by atoms with Crippen LogP contribution in [0.2, 0.25) is 0 Å². The Hall–Kier alpha value is -0.610. The lowest BCUT2D eigenvalue weighted by Gasteiger charge is -2.07. The number of carbonyl (C=O) groups is 1. The summed E-state index contributed by atoms with van der Waals surface area (Å²) in [6, 6.07) is 0. The Labute approximate surface area is 60.0 Å². The SMILES string of the molecule is C[C@H](CO)OCCC(N)=O. The Bertz CT molecular complexity index is 105. The Morgan fingerprint density at radius 3 is 2.80 bits per heavy atom. The fourth-order valence-corrected chi connectivity index (χ4v) is 0.413. The maximum atomic E-state index is 10.1. The van der Waals surface area contributed by atoms with Gasteiger partial charge in [0, 0.05) is 6.42 Å². The molecule has 60 valence electrons. The molecule has 3 N–H and O–H groups in total. The van der Waals surface area contributed by atoms with E-state index in [9.17, 15) is 4.79 Å². The summed E-state index contributed by atoms with van der Waals surface area (Å²) in [5.41, 5.74) is 4.84. The van der Waals surface area contributed by atoms with Gasteiger partial charge in [-0.05, 0) is 6.92 Å². The van der Waals surface area contributed by atoms with Crippen LogP contribution in [0.1, 0.15) is 13.3 Å². The standard InChI is InChI=1S/C6H13NO3/c1-5(4-8)10-3-2-6(7)9/h5,8H,2-4H2,1H3,(H2,7,9)/t5-/m1/s1. The fraction of sp³-hybridized carbons (Fsp3) is 0.833. The maximum Gasteiger partial charge on any atom is 0.219 e. The molecule has 0 spiro atoms. The minimum Gasteiger partial charge on any atom is -0.394 e. The third-order valence-electron chi connectivity index (χ3n) is 1.01. The molecule has 0 heterocycles. The van der Waals surface area contributed by atoms with E-state index < -0.39 is 0 Å². The molecule has 0 bridgehead atoms. The molecule has 10 heavy (non-hydrogen) atoms. The van der Waals surface area contributed by atoms with Crippen molar-refractivity contribution in [1.29, 1.82) is 0 Å². The highest BCUT2D eigenvalue weighted by atomic mass is 16.5. The summed E-state index contributed by atoms with van der Waals surface area (Å²) in [4.78, 5) is 10.1. The molecule has 0 saturated heterocycles. The number of carbonyl (C=O) groups excluding carboxylic acids is 1. The van der Waals surface area contributed by atoms with E-state index in [4.69, 9.17) is 15.6 Å². The number of amides is 1. The van der Waals surface area contributed by atoms with Crippen molar-refractivity contribution < 1.29 is 14.6 Å². The number of nitrogens with two attached hydrogens (primary N) is 1. The van der Waals surface area contributed by atoms with Crippen molar-refractivity contribution >= 4 is 5.91 Å². The second-order valence-corrected chi connectivity index (χ2v) is 2.08. The van der Waals surface area contributed by atoms with E-state index in [-0.39, 0.29) is 31.6 Å². The fourth-order valence-electron chi connectivity index (χ4n) is 0.413. The third kappa shape index (κ3) is 5.53. The van der Waals surface area contributed by atoms with Crippen molar-refractivity contribution in [3.63, 3.8) is 0 Å². The van der Waals surface area contributed by atoms with Crippen molar-refractivity contribution in [2.75, 3.05) is 13.2 Å². The van der Waals surface area contributed by atoms with E-state index in [1.54, 1.807) is 6.92 Å². The number of aliphatic hydroxyl groups excluding tert-OH is 1. The molecular weight excluding hydrogens is 134 g/mol. The molecule has 1 amide bonds. The summed E-state index contributed by atoms with van der Waals surface area (Å²) < 4.78 is 4.95. The molecule has 4 heteroatoms. The van der Waals surface area contributed by atoms with E-state index >= 15 is 0 Å². The molecule has 0 fully saturated rings. The van der Waals surface area contributed by atoms with E-state index in [0.717, 1.165) is 0 Å². The molecule has 0 rings (SSSR count). The Morgan fingerprint density at radius 2 is 2.40 bits per heavy atom. The van der Waals surface area contributed by atoms with Crippen molar-refractivity contribution in [2.45, 2.75) is 19.4 Å². The molecule has 0 aliphatic carbocycles. The van der Waals surface area contributed by atoms with Crippen LogP contribution < -0.4 is 5.73 Å². The summed E-state index contributed by atoms with van der Waals surface area (Å²) in [5.74, 6) is -0.384. The molecule has 0 aliphatic heterocycles. The first-order chi connectivity index (χ1) is 4.66. The first-order valence-corrected chi connectivity index (χ1v) is 3.17.